The highest BCUT2D eigenvalue weighted by Crippen LogP contribution is 2.27. The number of aromatic nitrogens is 2. The first-order valence-electron chi connectivity index (χ1n) is 12.0. The predicted molar refractivity (Wildman–Crippen MR) is 141 cm³/mol. The summed E-state index contributed by atoms with van der Waals surface area (Å²) in [4.78, 5) is 14.9. The van der Waals surface area contributed by atoms with Gasteiger partial charge in [0.25, 0.3) is 5.56 Å². The third-order valence-corrected chi connectivity index (χ3v) is 8.29. The molecule has 1 fully saturated rings. The highest BCUT2D eigenvalue weighted by atomic mass is 32.2. The molecule has 196 valence electrons. The van der Waals surface area contributed by atoms with Gasteiger partial charge in [0, 0.05) is 38.8 Å². The van der Waals surface area contributed by atoms with E-state index in [0.717, 1.165) is 22.0 Å². The second-order valence-corrected chi connectivity index (χ2v) is 10.7. The van der Waals surface area contributed by atoms with Crippen LogP contribution in [-0.4, -0.2) is 48.7 Å². The molecule has 4 aromatic rings. The summed E-state index contributed by atoms with van der Waals surface area (Å²) in [6.07, 6.45) is 1.59. The van der Waals surface area contributed by atoms with Crippen molar-refractivity contribution in [2.24, 2.45) is 0 Å². The van der Waals surface area contributed by atoms with Gasteiger partial charge in [-0.3, -0.25) is 4.79 Å². The van der Waals surface area contributed by atoms with Crippen LogP contribution in [-0.2, 0) is 16.6 Å². The number of piperazine rings is 1. The van der Waals surface area contributed by atoms with Crippen molar-refractivity contribution in [3.63, 3.8) is 0 Å². The number of nitrogens with zero attached hydrogens (tertiary/aromatic N) is 4. The van der Waals surface area contributed by atoms with E-state index in [2.05, 4.69) is 10.4 Å². The van der Waals surface area contributed by atoms with Crippen LogP contribution in [0.2, 0.25) is 0 Å². The van der Waals surface area contributed by atoms with Gasteiger partial charge in [0.15, 0.2) is 0 Å². The minimum atomic E-state index is -4.15. The monoisotopic (exact) mass is 537 g/mol. The molecule has 1 aliphatic rings. The number of benzene rings is 3. The summed E-state index contributed by atoms with van der Waals surface area (Å²) in [7, 11) is -4.15. The number of rotatable bonds is 7. The first-order valence-corrected chi connectivity index (χ1v) is 13.4. The lowest BCUT2D eigenvalue weighted by Gasteiger charge is -2.36. The molecule has 2 heterocycles. The molecule has 5 rings (SSSR count). The van der Waals surface area contributed by atoms with Crippen molar-refractivity contribution in [1.29, 1.82) is 0 Å². The van der Waals surface area contributed by atoms with E-state index in [4.69, 9.17) is 0 Å². The maximum atomic E-state index is 14.2. The molecule has 0 radical (unpaired) electrons. The molecule has 0 aliphatic carbocycles. The molecule has 1 saturated heterocycles. The van der Waals surface area contributed by atoms with Crippen LogP contribution >= 0.6 is 0 Å². The SMILES string of the molecule is O=c1c(NCc2ccccc2)c(N2CCN(S(=O)(=O)c3ccc(F)cc3F)CC2)cnn1-c1ccccc1. The van der Waals surface area contributed by atoms with Crippen LogP contribution in [0.4, 0.5) is 20.2 Å². The van der Waals surface area contributed by atoms with Gasteiger partial charge in [-0.05, 0) is 29.8 Å². The van der Waals surface area contributed by atoms with Crippen molar-refractivity contribution in [2.45, 2.75) is 11.4 Å². The first-order chi connectivity index (χ1) is 18.3. The molecule has 0 unspecified atom stereocenters. The number of hydrogen-bond acceptors (Lipinski definition) is 6. The average molecular weight is 538 g/mol. The fourth-order valence-corrected chi connectivity index (χ4v) is 5.85. The van der Waals surface area contributed by atoms with Crippen LogP contribution in [0.15, 0.2) is 94.7 Å². The van der Waals surface area contributed by atoms with E-state index < -0.39 is 26.6 Å². The summed E-state index contributed by atoms with van der Waals surface area (Å²) in [5, 5.41) is 7.63. The molecule has 0 spiro atoms. The summed E-state index contributed by atoms with van der Waals surface area (Å²) in [5.41, 5.74) is 2.15. The molecule has 3 aromatic carbocycles. The van der Waals surface area contributed by atoms with Gasteiger partial charge in [-0.15, -0.1) is 0 Å². The van der Waals surface area contributed by atoms with Gasteiger partial charge in [0.05, 0.1) is 17.6 Å². The third-order valence-electron chi connectivity index (χ3n) is 6.36. The highest BCUT2D eigenvalue weighted by Gasteiger charge is 2.32. The van der Waals surface area contributed by atoms with Crippen LogP contribution in [0.25, 0.3) is 5.69 Å². The Kier molecular flexibility index (Phi) is 7.21. The van der Waals surface area contributed by atoms with E-state index >= 15 is 0 Å². The smallest absolute Gasteiger partial charge is 0.296 e. The van der Waals surface area contributed by atoms with Gasteiger partial charge < -0.3 is 10.2 Å². The molecule has 0 bridgehead atoms. The molecule has 1 N–H and O–H groups in total. The molecule has 0 amide bonds. The molecule has 8 nitrogen and oxygen atoms in total. The lowest BCUT2D eigenvalue weighted by Crippen LogP contribution is -2.49. The Morgan fingerprint density at radius 2 is 1.53 bits per heavy atom. The molecule has 38 heavy (non-hydrogen) atoms. The normalized spacial score (nSPS) is 14.4. The average Bonchev–Trinajstić information content (AvgIpc) is 2.93. The standard InChI is InChI=1S/C27H25F2N5O3S/c28-21-11-12-25(23(29)17-21)38(36,37)33-15-13-32(14-16-33)24-19-31-34(22-9-5-2-6-10-22)27(35)26(24)30-18-20-7-3-1-4-8-20/h1-12,17,19,30H,13-16,18H2. The molecular formula is C27H25F2N5O3S. The zero-order valence-corrected chi connectivity index (χ0v) is 21.1. The van der Waals surface area contributed by atoms with Crippen molar-refractivity contribution in [2.75, 3.05) is 36.4 Å². The fourth-order valence-electron chi connectivity index (χ4n) is 4.38. The van der Waals surface area contributed by atoms with Crippen molar-refractivity contribution >= 4 is 21.4 Å². The summed E-state index contributed by atoms with van der Waals surface area (Å²) >= 11 is 0. The molecule has 0 atom stereocenters. The van der Waals surface area contributed by atoms with Crippen LogP contribution in [0.3, 0.4) is 0 Å². The van der Waals surface area contributed by atoms with Gasteiger partial charge in [-0.1, -0.05) is 48.5 Å². The number of anilines is 2. The topological polar surface area (TPSA) is 87.5 Å². The van der Waals surface area contributed by atoms with Gasteiger partial charge in [-0.2, -0.15) is 14.1 Å². The Hall–Kier alpha value is -4.09. The van der Waals surface area contributed by atoms with Crippen LogP contribution in [0.5, 0.6) is 0 Å². The van der Waals surface area contributed by atoms with Crippen molar-refractivity contribution in [3.8, 4) is 5.69 Å². The molecule has 0 saturated carbocycles. The van der Waals surface area contributed by atoms with Gasteiger partial charge >= 0.3 is 0 Å². The van der Waals surface area contributed by atoms with E-state index in [0.29, 0.717) is 29.7 Å². The van der Waals surface area contributed by atoms with Crippen molar-refractivity contribution in [3.05, 3.63) is 113 Å². The minimum absolute atomic E-state index is 0.0546. The van der Waals surface area contributed by atoms with Gasteiger partial charge in [0.2, 0.25) is 10.0 Å². The second kappa shape index (κ2) is 10.7. The lowest BCUT2D eigenvalue weighted by molar-refractivity contribution is 0.382. The highest BCUT2D eigenvalue weighted by molar-refractivity contribution is 7.89. The van der Waals surface area contributed by atoms with E-state index in [1.807, 2.05) is 53.4 Å². The maximum absolute atomic E-state index is 14.2. The van der Waals surface area contributed by atoms with Crippen LogP contribution < -0.4 is 15.8 Å². The molecular weight excluding hydrogens is 512 g/mol. The van der Waals surface area contributed by atoms with E-state index in [9.17, 15) is 22.0 Å². The second-order valence-electron chi connectivity index (χ2n) is 8.76. The van der Waals surface area contributed by atoms with E-state index in [1.54, 1.807) is 18.3 Å². The van der Waals surface area contributed by atoms with E-state index in [1.165, 1.54) is 4.68 Å². The zero-order valence-electron chi connectivity index (χ0n) is 20.3. The number of sulfonamides is 1. The summed E-state index contributed by atoms with van der Waals surface area (Å²) in [6.45, 7) is 1.01. The summed E-state index contributed by atoms with van der Waals surface area (Å²) < 4.78 is 56.0. The largest absolute Gasteiger partial charge is 0.375 e. The summed E-state index contributed by atoms with van der Waals surface area (Å²) in [6, 6.07) is 21.1. The number of halogens is 2. The zero-order chi connectivity index (χ0) is 26.7. The fraction of sp³-hybridized carbons (Fsp3) is 0.185. The molecule has 1 aromatic heterocycles. The minimum Gasteiger partial charge on any atom is -0.375 e. The summed E-state index contributed by atoms with van der Waals surface area (Å²) in [5.74, 6) is -1.98. The van der Waals surface area contributed by atoms with Gasteiger partial charge in [-0.25, -0.2) is 17.2 Å². The van der Waals surface area contributed by atoms with Crippen molar-refractivity contribution < 1.29 is 17.2 Å². The Morgan fingerprint density at radius 1 is 0.868 bits per heavy atom. The van der Waals surface area contributed by atoms with Crippen LogP contribution in [0.1, 0.15) is 5.56 Å². The van der Waals surface area contributed by atoms with Crippen molar-refractivity contribution in [1.82, 2.24) is 14.1 Å². The Morgan fingerprint density at radius 3 is 2.18 bits per heavy atom. The first kappa shape index (κ1) is 25.6. The maximum Gasteiger partial charge on any atom is 0.296 e. The van der Waals surface area contributed by atoms with Crippen LogP contribution in [0, 0.1) is 11.6 Å². The quantitative estimate of drug-likeness (QED) is 0.388. The van der Waals surface area contributed by atoms with Gasteiger partial charge in [0.1, 0.15) is 22.2 Å². The third kappa shape index (κ3) is 5.15. The Labute approximate surface area is 218 Å². The molecule has 1 aliphatic heterocycles. The Bertz CT molecular complexity index is 1590. The molecule has 11 heteroatoms. The Balaban J connectivity index is 1.42. The predicted octanol–water partition coefficient (Wildman–Crippen LogP) is 3.63. The number of para-hydroxylation sites is 1. The number of hydrogen-bond donors (Lipinski definition) is 1. The number of nitrogens with one attached hydrogen (secondary N) is 1. The lowest BCUT2D eigenvalue weighted by atomic mass is 10.2. The van der Waals surface area contributed by atoms with E-state index in [-0.39, 0.29) is 31.7 Å².